The standard InChI is InChI=1S/C11H16N2O5/c1-11(2,3)9(13(16)17)8(12-10(14)15)7-5-4-6-18-7/h4-6,8-9,12H,1-3H3,(H,14,15)/t8?,9-/m1/s1. The Labute approximate surface area is 104 Å². The summed E-state index contributed by atoms with van der Waals surface area (Å²) in [7, 11) is 0. The minimum absolute atomic E-state index is 0.231. The minimum Gasteiger partial charge on any atom is -0.467 e. The van der Waals surface area contributed by atoms with Crippen molar-refractivity contribution < 1.29 is 19.2 Å². The van der Waals surface area contributed by atoms with Crippen molar-refractivity contribution in [2.24, 2.45) is 5.41 Å². The fourth-order valence-electron chi connectivity index (χ4n) is 1.84. The maximum Gasteiger partial charge on any atom is 0.405 e. The van der Waals surface area contributed by atoms with Gasteiger partial charge < -0.3 is 14.8 Å². The van der Waals surface area contributed by atoms with Gasteiger partial charge in [-0.25, -0.2) is 4.79 Å². The van der Waals surface area contributed by atoms with Crippen LogP contribution in [-0.2, 0) is 0 Å². The lowest BCUT2D eigenvalue weighted by molar-refractivity contribution is -0.545. The summed E-state index contributed by atoms with van der Waals surface area (Å²) in [5.41, 5.74) is -0.719. The summed E-state index contributed by atoms with van der Waals surface area (Å²) in [5.74, 6) is 0.231. The first kappa shape index (κ1) is 14.0. The predicted molar refractivity (Wildman–Crippen MR) is 62.8 cm³/mol. The summed E-state index contributed by atoms with van der Waals surface area (Å²) < 4.78 is 5.09. The normalized spacial score (nSPS) is 14.8. The van der Waals surface area contributed by atoms with Crippen LogP contribution in [0.1, 0.15) is 32.6 Å². The number of nitrogens with zero attached hydrogens (tertiary/aromatic N) is 1. The molecular weight excluding hydrogens is 240 g/mol. The van der Waals surface area contributed by atoms with Crippen LogP contribution in [-0.4, -0.2) is 22.2 Å². The van der Waals surface area contributed by atoms with Gasteiger partial charge in [0.25, 0.3) is 0 Å². The van der Waals surface area contributed by atoms with Crippen LogP contribution < -0.4 is 5.32 Å². The van der Waals surface area contributed by atoms with Crippen LogP contribution in [0.5, 0.6) is 0 Å². The molecule has 7 heteroatoms. The molecule has 0 aliphatic rings. The molecule has 1 unspecified atom stereocenters. The molecule has 1 amide bonds. The molecule has 0 aliphatic carbocycles. The first-order chi connectivity index (χ1) is 8.23. The third-order valence-electron chi connectivity index (χ3n) is 2.56. The first-order valence-electron chi connectivity index (χ1n) is 5.40. The molecule has 0 saturated carbocycles. The number of hydrogen-bond acceptors (Lipinski definition) is 4. The molecule has 2 atom stereocenters. The number of rotatable bonds is 4. The Bertz CT molecular complexity index is 421. The van der Waals surface area contributed by atoms with Gasteiger partial charge in [0, 0.05) is 10.3 Å². The Morgan fingerprint density at radius 1 is 1.56 bits per heavy atom. The van der Waals surface area contributed by atoms with Crippen molar-refractivity contribution in [1.29, 1.82) is 0 Å². The fraction of sp³-hybridized carbons (Fsp3) is 0.545. The number of amides is 1. The zero-order valence-electron chi connectivity index (χ0n) is 10.4. The van der Waals surface area contributed by atoms with Crippen LogP contribution in [0, 0.1) is 15.5 Å². The van der Waals surface area contributed by atoms with Crippen LogP contribution >= 0.6 is 0 Å². The summed E-state index contributed by atoms with van der Waals surface area (Å²) in [6, 6.07) is 0.932. The number of hydrogen-bond donors (Lipinski definition) is 2. The van der Waals surface area contributed by atoms with Gasteiger partial charge in [-0.15, -0.1) is 0 Å². The van der Waals surface area contributed by atoms with Crippen molar-refractivity contribution in [3.63, 3.8) is 0 Å². The van der Waals surface area contributed by atoms with Gasteiger partial charge in [0.2, 0.25) is 6.04 Å². The van der Waals surface area contributed by atoms with Gasteiger partial charge in [0.15, 0.2) is 6.04 Å². The summed E-state index contributed by atoms with van der Waals surface area (Å²) in [5, 5.41) is 22.2. The minimum atomic E-state index is -1.33. The molecule has 1 heterocycles. The van der Waals surface area contributed by atoms with E-state index in [-0.39, 0.29) is 5.76 Å². The van der Waals surface area contributed by atoms with Crippen LogP contribution in [0.3, 0.4) is 0 Å². The molecule has 7 nitrogen and oxygen atoms in total. The second-order valence-electron chi connectivity index (χ2n) is 5.04. The average molecular weight is 256 g/mol. The molecule has 1 aromatic heterocycles. The number of furan rings is 1. The van der Waals surface area contributed by atoms with E-state index in [4.69, 9.17) is 9.52 Å². The molecule has 0 bridgehead atoms. The van der Waals surface area contributed by atoms with Gasteiger partial charge in [0.1, 0.15) is 5.76 Å². The SMILES string of the molecule is CC(C)(C)[C@@H](C(NC(=O)O)c1ccco1)[N+](=O)[O-]. The Hall–Kier alpha value is -2.05. The third-order valence-corrected chi connectivity index (χ3v) is 2.56. The molecule has 0 aliphatic heterocycles. The van der Waals surface area contributed by atoms with Crippen molar-refractivity contribution in [1.82, 2.24) is 5.32 Å². The van der Waals surface area contributed by atoms with E-state index in [9.17, 15) is 14.9 Å². The van der Waals surface area contributed by atoms with Gasteiger partial charge in [0.05, 0.1) is 6.26 Å². The number of nitro groups is 1. The lowest BCUT2D eigenvalue weighted by Crippen LogP contribution is -2.46. The smallest absolute Gasteiger partial charge is 0.405 e. The summed E-state index contributed by atoms with van der Waals surface area (Å²) in [4.78, 5) is 21.5. The second kappa shape index (κ2) is 5.07. The van der Waals surface area contributed by atoms with E-state index in [0.29, 0.717) is 0 Å². The van der Waals surface area contributed by atoms with Crippen molar-refractivity contribution in [3.8, 4) is 0 Å². The molecule has 0 aromatic carbocycles. The van der Waals surface area contributed by atoms with E-state index < -0.39 is 28.5 Å². The summed E-state index contributed by atoms with van der Waals surface area (Å²) in [6.45, 7) is 5.04. The second-order valence-corrected chi connectivity index (χ2v) is 5.04. The zero-order chi connectivity index (χ0) is 13.9. The van der Waals surface area contributed by atoms with Crippen LogP contribution in [0.2, 0.25) is 0 Å². The lowest BCUT2D eigenvalue weighted by Gasteiger charge is -2.28. The fourth-order valence-corrected chi connectivity index (χ4v) is 1.84. The van der Waals surface area contributed by atoms with Gasteiger partial charge in [-0.3, -0.25) is 10.1 Å². The highest BCUT2D eigenvalue weighted by molar-refractivity contribution is 5.65. The largest absolute Gasteiger partial charge is 0.467 e. The lowest BCUT2D eigenvalue weighted by atomic mass is 9.82. The molecular formula is C11H16N2O5. The van der Waals surface area contributed by atoms with Gasteiger partial charge >= 0.3 is 6.09 Å². The molecule has 0 spiro atoms. The molecule has 2 N–H and O–H groups in total. The Morgan fingerprint density at radius 2 is 2.17 bits per heavy atom. The maximum absolute atomic E-state index is 11.2. The molecule has 18 heavy (non-hydrogen) atoms. The molecule has 1 aromatic rings. The van der Waals surface area contributed by atoms with E-state index in [0.717, 1.165) is 0 Å². The van der Waals surface area contributed by atoms with Gasteiger partial charge in [-0.1, -0.05) is 20.8 Å². The van der Waals surface area contributed by atoms with Crippen molar-refractivity contribution in [3.05, 3.63) is 34.3 Å². The number of nitrogens with one attached hydrogen (secondary N) is 1. The highest BCUT2D eigenvalue weighted by atomic mass is 16.6. The highest BCUT2D eigenvalue weighted by Crippen LogP contribution is 2.32. The van der Waals surface area contributed by atoms with Gasteiger partial charge in [-0.2, -0.15) is 0 Å². The molecule has 1 rings (SSSR count). The van der Waals surface area contributed by atoms with Gasteiger partial charge in [-0.05, 0) is 12.1 Å². The van der Waals surface area contributed by atoms with E-state index in [2.05, 4.69) is 5.32 Å². The van der Waals surface area contributed by atoms with Crippen molar-refractivity contribution >= 4 is 6.09 Å². The van der Waals surface area contributed by atoms with E-state index in [1.54, 1.807) is 26.8 Å². The third kappa shape index (κ3) is 3.22. The van der Waals surface area contributed by atoms with E-state index >= 15 is 0 Å². The number of carbonyl (C=O) groups is 1. The number of carboxylic acid groups (broad SMARTS) is 1. The quantitative estimate of drug-likeness (QED) is 0.635. The topological polar surface area (TPSA) is 106 Å². The van der Waals surface area contributed by atoms with Crippen LogP contribution in [0.4, 0.5) is 4.79 Å². The van der Waals surface area contributed by atoms with Crippen molar-refractivity contribution in [2.75, 3.05) is 0 Å². The first-order valence-corrected chi connectivity index (χ1v) is 5.40. The Kier molecular flexibility index (Phi) is 3.95. The Morgan fingerprint density at radius 3 is 2.50 bits per heavy atom. The predicted octanol–water partition coefficient (Wildman–Crippen LogP) is 2.28. The van der Waals surface area contributed by atoms with E-state index in [1.165, 1.54) is 12.3 Å². The molecule has 0 saturated heterocycles. The molecule has 0 radical (unpaired) electrons. The Balaban J connectivity index is 3.15. The summed E-state index contributed by atoms with van der Waals surface area (Å²) in [6.07, 6.45) is 0.0263. The average Bonchev–Trinajstić information content (AvgIpc) is 2.64. The van der Waals surface area contributed by atoms with Crippen molar-refractivity contribution in [2.45, 2.75) is 32.9 Å². The zero-order valence-corrected chi connectivity index (χ0v) is 10.4. The van der Waals surface area contributed by atoms with Crippen LogP contribution in [0.25, 0.3) is 0 Å². The van der Waals surface area contributed by atoms with E-state index in [1.807, 2.05) is 0 Å². The highest BCUT2D eigenvalue weighted by Gasteiger charge is 2.45. The molecule has 0 fully saturated rings. The summed E-state index contributed by atoms with van der Waals surface area (Å²) >= 11 is 0. The monoisotopic (exact) mass is 256 g/mol. The maximum atomic E-state index is 11.2. The molecule has 100 valence electrons. The van der Waals surface area contributed by atoms with Crippen LogP contribution in [0.15, 0.2) is 22.8 Å².